The molecule has 1 rings (SSSR count). The number of hydrogen-bond acceptors (Lipinski definition) is 4. The molecule has 0 bridgehead atoms. The molecule has 6 heteroatoms. The van der Waals surface area contributed by atoms with E-state index in [2.05, 4.69) is 15.4 Å². The van der Waals surface area contributed by atoms with E-state index < -0.39 is 11.6 Å². The predicted molar refractivity (Wildman–Crippen MR) is 74.0 cm³/mol. The van der Waals surface area contributed by atoms with Gasteiger partial charge in [0.25, 0.3) is 0 Å². The molecule has 0 spiro atoms. The van der Waals surface area contributed by atoms with Crippen molar-refractivity contribution in [2.24, 2.45) is 5.73 Å². The van der Waals surface area contributed by atoms with Crippen LogP contribution in [0.3, 0.4) is 0 Å². The predicted octanol–water partition coefficient (Wildman–Crippen LogP) is 1.93. The molecule has 1 unspecified atom stereocenters. The van der Waals surface area contributed by atoms with Crippen LogP contribution in [0.2, 0.25) is 0 Å². The van der Waals surface area contributed by atoms with Gasteiger partial charge < -0.3 is 15.8 Å². The Morgan fingerprint density at radius 1 is 1.32 bits per heavy atom. The second-order valence-corrected chi connectivity index (χ2v) is 4.42. The number of methoxy groups -OCH3 is 1. The monoisotopic (exact) mass is 265 g/mol. The summed E-state index contributed by atoms with van der Waals surface area (Å²) in [4.78, 5) is 23.0. The fourth-order valence-electron chi connectivity index (χ4n) is 1.28. The minimum absolute atomic E-state index is 0.273. The van der Waals surface area contributed by atoms with E-state index in [1.54, 1.807) is 31.2 Å². The van der Waals surface area contributed by atoms with Crippen molar-refractivity contribution in [1.29, 1.82) is 0 Å². The standard InChI is InChI=1S/C13H19N3O3/c1-4-13(2,14)11(17)15-9-6-5-7-10(8-9)16-12(18)19-3/h5-8H,4,14H2,1-3H3,(H,15,17)(H,16,18). The van der Waals surface area contributed by atoms with Crippen LogP contribution in [-0.4, -0.2) is 24.6 Å². The second-order valence-electron chi connectivity index (χ2n) is 4.42. The lowest BCUT2D eigenvalue weighted by Gasteiger charge is -2.21. The van der Waals surface area contributed by atoms with Gasteiger partial charge in [-0.2, -0.15) is 0 Å². The van der Waals surface area contributed by atoms with Gasteiger partial charge in [0.1, 0.15) is 0 Å². The van der Waals surface area contributed by atoms with E-state index in [0.717, 1.165) is 0 Å². The van der Waals surface area contributed by atoms with Crippen molar-refractivity contribution in [2.75, 3.05) is 17.7 Å². The molecule has 6 nitrogen and oxygen atoms in total. The van der Waals surface area contributed by atoms with Crippen LogP contribution in [0.15, 0.2) is 24.3 Å². The van der Waals surface area contributed by atoms with Crippen LogP contribution in [0.4, 0.5) is 16.2 Å². The minimum Gasteiger partial charge on any atom is -0.453 e. The van der Waals surface area contributed by atoms with Crippen LogP contribution in [-0.2, 0) is 9.53 Å². The molecule has 0 aromatic heterocycles. The van der Waals surface area contributed by atoms with Gasteiger partial charge in [0, 0.05) is 11.4 Å². The third-order valence-electron chi connectivity index (χ3n) is 2.81. The number of nitrogens with two attached hydrogens (primary N) is 1. The molecular weight excluding hydrogens is 246 g/mol. The number of nitrogens with one attached hydrogen (secondary N) is 2. The molecule has 1 aromatic carbocycles. The molecule has 1 atom stereocenters. The SMILES string of the molecule is CCC(C)(N)C(=O)Nc1cccc(NC(=O)OC)c1. The Morgan fingerprint density at radius 3 is 2.42 bits per heavy atom. The molecule has 0 aliphatic rings. The van der Waals surface area contributed by atoms with Crippen molar-refractivity contribution in [3.05, 3.63) is 24.3 Å². The molecule has 0 saturated carbocycles. The van der Waals surface area contributed by atoms with Crippen LogP contribution >= 0.6 is 0 Å². The van der Waals surface area contributed by atoms with Crippen molar-refractivity contribution >= 4 is 23.4 Å². The van der Waals surface area contributed by atoms with Crippen LogP contribution in [0.1, 0.15) is 20.3 Å². The summed E-state index contributed by atoms with van der Waals surface area (Å²) in [6.45, 7) is 3.51. The molecule has 0 aliphatic carbocycles. The van der Waals surface area contributed by atoms with Crippen LogP contribution in [0.25, 0.3) is 0 Å². The molecule has 19 heavy (non-hydrogen) atoms. The molecule has 1 aromatic rings. The lowest BCUT2D eigenvalue weighted by molar-refractivity contribution is -0.120. The first-order chi connectivity index (χ1) is 8.89. The van der Waals surface area contributed by atoms with E-state index in [0.29, 0.717) is 17.8 Å². The first-order valence-corrected chi connectivity index (χ1v) is 5.94. The van der Waals surface area contributed by atoms with Gasteiger partial charge in [0.2, 0.25) is 5.91 Å². The summed E-state index contributed by atoms with van der Waals surface area (Å²) in [6.07, 6.45) is -0.0421. The van der Waals surface area contributed by atoms with Gasteiger partial charge in [-0.15, -0.1) is 0 Å². The van der Waals surface area contributed by atoms with Crippen molar-refractivity contribution in [3.63, 3.8) is 0 Å². The Bertz CT molecular complexity index is 472. The fraction of sp³-hybridized carbons (Fsp3) is 0.385. The topological polar surface area (TPSA) is 93.5 Å². The molecule has 4 N–H and O–H groups in total. The number of carbonyl (C=O) groups is 2. The van der Waals surface area contributed by atoms with Crippen LogP contribution < -0.4 is 16.4 Å². The Balaban J connectivity index is 2.77. The number of anilines is 2. The highest BCUT2D eigenvalue weighted by molar-refractivity contribution is 5.98. The van der Waals surface area contributed by atoms with Gasteiger partial charge >= 0.3 is 6.09 Å². The van der Waals surface area contributed by atoms with E-state index in [4.69, 9.17) is 5.73 Å². The van der Waals surface area contributed by atoms with Crippen molar-refractivity contribution in [3.8, 4) is 0 Å². The van der Waals surface area contributed by atoms with E-state index in [1.165, 1.54) is 7.11 Å². The maximum atomic E-state index is 11.9. The van der Waals surface area contributed by atoms with Gasteiger partial charge in [-0.1, -0.05) is 13.0 Å². The van der Waals surface area contributed by atoms with E-state index in [9.17, 15) is 9.59 Å². The quantitative estimate of drug-likeness (QED) is 0.775. The highest BCUT2D eigenvalue weighted by atomic mass is 16.5. The lowest BCUT2D eigenvalue weighted by atomic mass is 9.99. The van der Waals surface area contributed by atoms with E-state index in [-0.39, 0.29) is 5.91 Å². The van der Waals surface area contributed by atoms with Gasteiger partial charge in [0.05, 0.1) is 12.6 Å². The summed E-state index contributed by atoms with van der Waals surface area (Å²) in [5.74, 6) is -0.273. The molecule has 0 fully saturated rings. The lowest BCUT2D eigenvalue weighted by Crippen LogP contribution is -2.47. The zero-order valence-electron chi connectivity index (χ0n) is 11.3. The van der Waals surface area contributed by atoms with Gasteiger partial charge in [-0.25, -0.2) is 4.79 Å². The highest BCUT2D eigenvalue weighted by Crippen LogP contribution is 2.17. The number of carbonyl (C=O) groups excluding carboxylic acids is 2. The van der Waals surface area contributed by atoms with E-state index in [1.807, 2.05) is 6.92 Å². The zero-order valence-corrected chi connectivity index (χ0v) is 11.3. The Labute approximate surface area is 112 Å². The van der Waals surface area contributed by atoms with Crippen molar-refractivity contribution < 1.29 is 14.3 Å². The van der Waals surface area contributed by atoms with Crippen LogP contribution in [0, 0.1) is 0 Å². The van der Waals surface area contributed by atoms with Gasteiger partial charge in [-0.05, 0) is 31.5 Å². The third-order valence-corrected chi connectivity index (χ3v) is 2.81. The Kier molecular flexibility index (Phi) is 4.88. The summed E-state index contributed by atoms with van der Waals surface area (Å²) < 4.78 is 4.49. The second kappa shape index (κ2) is 6.19. The number of hydrogen-bond donors (Lipinski definition) is 3. The zero-order chi connectivity index (χ0) is 14.5. The minimum atomic E-state index is -0.925. The molecule has 0 aliphatic heterocycles. The average molecular weight is 265 g/mol. The third kappa shape index (κ3) is 4.26. The number of benzene rings is 1. The molecule has 104 valence electrons. The van der Waals surface area contributed by atoms with E-state index >= 15 is 0 Å². The molecule has 2 amide bonds. The normalized spacial score (nSPS) is 13.3. The summed E-state index contributed by atoms with van der Waals surface area (Å²) in [5.41, 5.74) is 6.01. The number of ether oxygens (including phenoxy) is 1. The first-order valence-electron chi connectivity index (χ1n) is 5.94. The first kappa shape index (κ1) is 15.0. The molecule has 0 heterocycles. The maximum Gasteiger partial charge on any atom is 0.411 e. The number of rotatable bonds is 4. The largest absolute Gasteiger partial charge is 0.453 e. The van der Waals surface area contributed by atoms with Gasteiger partial charge in [-0.3, -0.25) is 10.1 Å². The van der Waals surface area contributed by atoms with Gasteiger partial charge in [0.15, 0.2) is 0 Å². The van der Waals surface area contributed by atoms with Crippen molar-refractivity contribution in [1.82, 2.24) is 0 Å². The molecule has 0 radical (unpaired) electrons. The summed E-state index contributed by atoms with van der Waals surface area (Å²) in [5, 5.41) is 5.22. The average Bonchev–Trinajstić information content (AvgIpc) is 2.38. The highest BCUT2D eigenvalue weighted by Gasteiger charge is 2.25. The Hall–Kier alpha value is -2.08. The molecule has 0 saturated heterocycles. The Morgan fingerprint density at radius 2 is 1.89 bits per heavy atom. The van der Waals surface area contributed by atoms with Crippen LogP contribution in [0.5, 0.6) is 0 Å². The smallest absolute Gasteiger partial charge is 0.411 e. The summed E-state index contributed by atoms with van der Waals surface area (Å²) in [7, 11) is 1.28. The summed E-state index contributed by atoms with van der Waals surface area (Å²) in [6, 6.07) is 6.74. The maximum absolute atomic E-state index is 11.9. The fourth-order valence-corrected chi connectivity index (χ4v) is 1.28. The number of amides is 2. The van der Waals surface area contributed by atoms with Crippen molar-refractivity contribution in [2.45, 2.75) is 25.8 Å². The summed E-state index contributed by atoms with van der Waals surface area (Å²) >= 11 is 0. The molecular formula is C13H19N3O3.